The number of aromatic nitrogens is 2. The van der Waals surface area contributed by atoms with Gasteiger partial charge in [-0.1, -0.05) is 0 Å². The number of hydrogen-bond acceptors (Lipinski definition) is 5. The smallest absolute Gasteiger partial charge is 0.249 e. The Morgan fingerprint density at radius 2 is 2.14 bits per heavy atom. The van der Waals surface area contributed by atoms with Gasteiger partial charge in [-0.15, -0.1) is 23.1 Å². The van der Waals surface area contributed by atoms with Crippen molar-refractivity contribution in [3.63, 3.8) is 0 Å². The van der Waals surface area contributed by atoms with Crippen molar-refractivity contribution in [3.8, 4) is 11.3 Å². The number of carbonyl (C=O) groups excluding carboxylic acids is 2. The highest BCUT2D eigenvalue weighted by Crippen LogP contribution is 2.47. The Labute approximate surface area is 168 Å². The average molecular weight is 417 g/mol. The third-order valence-corrected chi connectivity index (χ3v) is 7.63. The van der Waals surface area contributed by atoms with Crippen molar-refractivity contribution in [2.24, 2.45) is 0 Å². The number of anilines is 1. The topological polar surface area (TPSA) is 66.7 Å². The van der Waals surface area contributed by atoms with Crippen molar-refractivity contribution in [2.45, 2.75) is 30.7 Å². The van der Waals surface area contributed by atoms with E-state index in [9.17, 15) is 14.0 Å². The number of thioether (sulfide) groups is 1. The van der Waals surface area contributed by atoms with Crippen LogP contribution in [0.2, 0.25) is 0 Å². The summed E-state index contributed by atoms with van der Waals surface area (Å²) in [6, 6.07) is 5.52. The summed E-state index contributed by atoms with van der Waals surface area (Å²) in [5.41, 5.74) is 1.30. The van der Waals surface area contributed by atoms with Crippen LogP contribution in [0.1, 0.15) is 19.8 Å². The Morgan fingerprint density at radius 3 is 2.93 bits per heavy atom. The van der Waals surface area contributed by atoms with E-state index in [2.05, 4.69) is 10.3 Å². The molecule has 1 N–H and O–H groups in total. The lowest BCUT2D eigenvalue weighted by atomic mass is 10.1. The highest BCUT2D eigenvalue weighted by atomic mass is 32.2. The van der Waals surface area contributed by atoms with E-state index in [0.29, 0.717) is 23.7 Å². The lowest BCUT2D eigenvalue weighted by molar-refractivity contribution is -0.135. The molecular formula is C19H17FN4O2S2. The highest BCUT2D eigenvalue weighted by Gasteiger charge is 2.53. The summed E-state index contributed by atoms with van der Waals surface area (Å²) < 4.78 is 15.1. The maximum atomic E-state index is 13.3. The zero-order valence-corrected chi connectivity index (χ0v) is 16.6. The van der Waals surface area contributed by atoms with Gasteiger partial charge in [0.1, 0.15) is 23.4 Å². The van der Waals surface area contributed by atoms with Gasteiger partial charge in [0.25, 0.3) is 0 Å². The fourth-order valence-corrected chi connectivity index (χ4v) is 6.07. The SMILES string of the molecule is C[C@]12CCC(=O)N1[C@H](C(=O)Nc1c(-c3ccc(F)cc3)nc3sccn13)CS2. The van der Waals surface area contributed by atoms with E-state index in [1.807, 2.05) is 22.9 Å². The third-order valence-electron chi connectivity index (χ3n) is 5.37. The van der Waals surface area contributed by atoms with Crippen LogP contribution in [0.3, 0.4) is 0 Å². The summed E-state index contributed by atoms with van der Waals surface area (Å²) in [5.74, 6) is 0.595. The molecular weight excluding hydrogens is 399 g/mol. The Morgan fingerprint density at radius 1 is 1.36 bits per heavy atom. The van der Waals surface area contributed by atoms with Crippen LogP contribution in [0.25, 0.3) is 16.2 Å². The van der Waals surface area contributed by atoms with Gasteiger partial charge in [-0.05, 0) is 37.6 Å². The van der Waals surface area contributed by atoms with E-state index in [1.54, 1.807) is 28.8 Å². The van der Waals surface area contributed by atoms with Crippen molar-refractivity contribution in [2.75, 3.05) is 11.1 Å². The third kappa shape index (κ3) is 2.64. The summed E-state index contributed by atoms with van der Waals surface area (Å²) >= 11 is 3.11. The number of imidazole rings is 1. The van der Waals surface area contributed by atoms with E-state index >= 15 is 0 Å². The normalized spacial score (nSPS) is 24.1. The Kier molecular flexibility index (Phi) is 3.99. The molecule has 0 unspecified atom stereocenters. The fourth-order valence-electron chi connectivity index (χ4n) is 3.93. The van der Waals surface area contributed by atoms with Crippen LogP contribution < -0.4 is 5.32 Å². The Bertz CT molecular complexity index is 1090. The van der Waals surface area contributed by atoms with Gasteiger partial charge >= 0.3 is 0 Å². The van der Waals surface area contributed by atoms with Gasteiger partial charge in [0, 0.05) is 29.3 Å². The molecule has 0 saturated carbocycles. The van der Waals surface area contributed by atoms with Crippen LogP contribution >= 0.6 is 23.1 Å². The standard InChI is InChI=1S/C19H17FN4O2S2/c1-19-7-6-14(25)24(19)13(10-28-19)17(26)22-16-15(11-2-4-12(20)5-3-11)21-18-23(16)8-9-27-18/h2-5,8-9,13H,6-7,10H2,1H3,(H,22,26)/t13-,19-/m0/s1. The molecule has 2 amide bonds. The molecule has 3 aromatic rings. The summed E-state index contributed by atoms with van der Waals surface area (Å²) in [6.45, 7) is 2.02. The summed E-state index contributed by atoms with van der Waals surface area (Å²) in [7, 11) is 0. The first-order valence-corrected chi connectivity index (χ1v) is 10.8. The molecule has 5 rings (SSSR count). The van der Waals surface area contributed by atoms with Crippen molar-refractivity contribution >= 4 is 45.7 Å². The molecule has 0 bridgehead atoms. The second-order valence-electron chi connectivity index (χ2n) is 7.13. The molecule has 2 aromatic heterocycles. The molecule has 6 nitrogen and oxygen atoms in total. The van der Waals surface area contributed by atoms with Gasteiger partial charge in [0.05, 0.1) is 4.87 Å². The number of halogens is 1. The summed E-state index contributed by atoms with van der Waals surface area (Å²) in [4.78, 5) is 32.3. The number of benzene rings is 1. The number of fused-ring (bicyclic) bond motifs is 2. The quantitative estimate of drug-likeness (QED) is 0.709. The first kappa shape index (κ1) is 17.7. The highest BCUT2D eigenvalue weighted by molar-refractivity contribution is 8.01. The van der Waals surface area contributed by atoms with E-state index in [0.717, 1.165) is 16.9 Å². The zero-order valence-electron chi connectivity index (χ0n) is 15.0. The number of rotatable bonds is 3. The number of nitrogens with zero attached hydrogens (tertiary/aromatic N) is 3. The van der Waals surface area contributed by atoms with Crippen LogP contribution in [0, 0.1) is 5.82 Å². The van der Waals surface area contributed by atoms with Crippen LogP contribution in [0.5, 0.6) is 0 Å². The average Bonchev–Trinajstić information content (AvgIpc) is 3.40. The number of nitrogens with one attached hydrogen (secondary N) is 1. The van der Waals surface area contributed by atoms with Crippen LogP contribution in [0.15, 0.2) is 35.8 Å². The van der Waals surface area contributed by atoms with Gasteiger partial charge < -0.3 is 10.2 Å². The first-order valence-electron chi connectivity index (χ1n) is 8.95. The molecule has 0 aliphatic carbocycles. The molecule has 2 saturated heterocycles. The van der Waals surface area contributed by atoms with Gasteiger partial charge in [-0.2, -0.15) is 0 Å². The molecule has 0 spiro atoms. The fraction of sp³-hybridized carbons (Fsp3) is 0.316. The van der Waals surface area contributed by atoms with E-state index in [4.69, 9.17) is 0 Å². The molecule has 2 fully saturated rings. The minimum atomic E-state index is -0.504. The van der Waals surface area contributed by atoms with Gasteiger partial charge in [-0.25, -0.2) is 9.37 Å². The van der Waals surface area contributed by atoms with Crippen molar-refractivity contribution in [1.82, 2.24) is 14.3 Å². The molecule has 9 heteroatoms. The number of carbonyl (C=O) groups is 2. The second kappa shape index (κ2) is 6.31. The van der Waals surface area contributed by atoms with Crippen LogP contribution in [-0.2, 0) is 9.59 Å². The Balaban J connectivity index is 1.50. The molecule has 2 atom stereocenters. The molecule has 2 aliphatic rings. The lowest BCUT2D eigenvalue weighted by Crippen LogP contribution is -2.48. The number of amides is 2. The number of hydrogen-bond donors (Lipinski definition) is 1. The van der Waals surface area contributed by atoms with E-state index in [-0.39, 0.29) is 22.5 Å². The maximum absolute atomic E-state index is 13.3. The predicted molar refractivity (Wildman–Crippen MR) is 108 cm³/mol. The second-order valence-corrected chi connectivity index (χ2v) is 9.50. The summed E-state index contributed by atoms with van der Waals surface area (Å²) in [5, 5.41) is 4.88. The van der Waals surface area contributed by atoms with E-state index in [1.165, 1.54) is 23.5 Å². The molecule has 2 aliphatic heterocycles. The minimum Gasteiger partial charge on any atom is -0.315 e. The monoisotopic (exact) mass is 416 g/mol. The maximum Gasteiger partial charge on any atom is 0.249 e. The predicted octanol–water partition coefficient (Wildman–Crippen LogP) is 3.59. The number of thiazole rings is 1. The van der Waals surface area contributed by atoms with Gasteiger partial charge in [0.15, 0.2) is 4.96 Å². The largest absolute Gasteiger partial charge is 0.315 e. The zero-order chi connectivity index (χ0) is 19.5. The van der Waals surface area contributed by atoms with Crippen molar-refractivity contribution in [3.05, 3.63) is 41.7 Å². The summed E-state index contributed by atoms with van der Waals surface area (Å²) in [6.07, 6.45) is 3.09. The van der Waals surface area contributed by atoms with Crippen LogP contribution in [0.4, 0.5) is 10.2 Å². The molecule has 0 radical (unpaired) electrons. The van der Waals surface area contributed by atoms with Gasteiger partial charge in [-0.3, -0.25) is 14.0 Å². The lowest BCUT2D eigenvalue weighted by Gasteiger charge is -2.29. The molecule has 1 aromatic carbocycles. The molecule has 4 heterocycles. The van der Waals surface area contributed by atoms with E-state index < -0.39 is 6.04 Å². The van der Waals surface area contributed by atoms with Crippen LogP contribution in [-0.4, -0.2) is 42.8 Å². The van der Waals surface area contributed by atoms with Crippen molar-refractivity contribution < 1.29 is 14.0 Å². The van der Waals surface area contributed by atoms with Gasteiger partial charge in [0.2, 0.25) is 11.8 Å². The first-order chi connectivity index (χ1) is 13.5. The molecule has 28 heavy (non-hydrogen) atoms. The molecule has 144 valence electrons. The Hall–Kier alpha value is -2.39. The minimum absolute atomic E-state index is 0.0281. The van der Waals surface area contributed by atoms with Crippen molar-refractivity contribution in [1.29, 1.82) is 0 Å².